The number of hydrogen-bond acceptors (Lipinski definition) is 12. The predicted molar refractivity (Wildman–Crippen MR) is 170 cm³/mol. The zero-order chi connectivity index (χ0) is 34.3. The first kappa shape index (κ1) is 37.0. The number of ether oxygens (including phenoxy) is 3. The summed E-state index contributed by atoms with van der Waals surface area (Å²) in [6.45, 7) is 9.43. The van der Waals surface area contributed by atoms with E-state index in [-0.39, 0.29) is 37.7 Å². The number of amides is 1. The number of carboxylic acid groups (broad SMARTS) is 1. The molecular formula is C30H48N6O9S. The van der Waals surface area contributed by atoms with E-state index in [1.807, 2.05) is 4.90 Å². The minimum atomic E-state index is -4.12. The molecular weight excluding hydrogens is 620 g/mol. The van der Waals surface area contributed by atoms with Gasteiger partial charge in [0.1, 0.15) is 23.8 Å². The molecule has 16 heteroatoms. The summed E-state index contributed by atoms with van der Waals surface area (Å²) in [6, 6.07) is 6.19. The molecule has 2 aliphatic heterocycles. The number of nitrogens with two attached hydrogens (primary N) is 2. The monoisotopic (exact) mass is 668 g/mol. The number of nitrogens with zero attached hydrogens (tertiary/aromatic N) is 2. The lowest BCUT2D eigenvalue weighted by molar-refractivity contribution is -0.166. The third kappa shape index (κ3) is 8.66. The standard InChI is InChI=1S/C30H48N6O9S/c1-5-6-17-46(41,42)30(33,25(37)38)18-21-7-9-22(10-8-21)43-20-23-19-35(27(40)44-23)14-11-29(24(31)32,26(39)45-28(2,3)4)36-15-12-34-13-16-36/h7-10,23,34H,5-6,11-20,33H2,1-4H3,(H3,31,32)(H,37,38). The van der Waals surface area contributed by atoms with Gasteiger partial charge in [0.15, 0.2) is 21.5 Å². The fourth-order valence-corrected chi connectivity index (χ4v) is 7.07. The lowest BCUT2D eigenvalue weighted by Gasteiger charge is -2.44. The Balaban J connectivity index is 1.63. The van der Waals surface area contributed by atoms with E-state index in [9.17, 15) is 27.9 Å². The summed E-state index contributed by atoms with van der Waals surface area (Å²) in [7, 11) is -4.12. The van der Waals surface area contributed by atoms with E-state index in [0.717, 1.165) is 0 Å². The Morgan fingerprint density at radius 1 is 1.17 bits per heavy atom. The number of carbonyl (C=O) groups is 3. The third-order valence-corrected chi connectivity index (χ3v) is 10.3. The van der Waals surface area contributed by atoms with E-state index in [1.165, 1.54) is 17.0 Å². The molecule has 2 saturated heterocycles. The Labute approximate surface area is 270 Å². The molecule has 1 amide bonds. The van der Waals surface area contributed by atoms with Crippen LogP contribution in [0.1, 0.15) is 52.5 Å². The van der Waals surface area contributed by atoms with Crippen molar-refractivity contribution < 1.29 is 42.1 Å². The number of sulfone groups is 1. The molecule has 2 heterocycles. The Morgan fingerprint density at radius 2 is 1.80 bits per heavy atom. The highest BCUT2D eigenvalue weighted by atomic mass is 32.2. The molecule has 0 radical (unpaired) electrons. The van der Waals surface area contributed by atoms with Gasteiger partial charge in [-0.2, -0.15) is 0 Å². The van der Waals surface area contributed by atoms with Crippen molar-refractivity contribution in [3.05, 3.63) is 29.8 Å². The molecule has 0 saturated carbocycles. The molecule has 2 aliphatic rings. The smallest absolute Gasteiger partial charge is 0.410 e. The third-order valence-electron chi connectivity index (χ3n) is 8.04. The summed E-state index contributed by atoms with van der Waals surface area (Å²) in [5.41, 5.74) is 10.0. The predicted octanol–water partition coefficient (Wildman–Crippen LogP) is 0.695. The Morgan fingerprint density at radius 3 is 2.35 bits per heavy atom. The van der Waals surface area contributed by atoms with Gasteiger partial charge >= 0.3 is 18.0 Å². The van der Waals surface area contributed by atoms with Crippen LogP contribution in [-0.2, 0) is 35.3 Å². The lowest BCUT2D eigenvalue weighted by Crippen LogP contribution is -2.67. The number of esters is 1. The molecule has 2 fully saturated rings. The van der Waals surface area contributed by atoms with Gasteiger partial charge in [-0.15, -0.1) is 0 Å². The van der Waals surface area contributed by atoms with Gasteiger partial charge in [-0.25, -0.2) is 22.8 Å². The van der Waals surface area contributed by atoms with Gasteiger partial charge in [-0.1, -0.05) is 25.5 Å². The largest absolute Gasteiger partial charge is 0.490 e. The van der Waals surface area contributed by atoms with E-state index >= 15 is 0 Å². The zero-order valence-corrected chi connectivity index (χ0v) is 27.9. The van der Waals surface area contributed by atoms with E-state index in [1.54, 1.807) is 39.8 Å². The van der Waals surface area contributed by atoms with Crippen LogP contribution in [0.5, 0.6) is 5.75 Å². The number of unbranched alkanes of at least 4 members (excludes halogenated alkanes) is 1. The number of carboxylic acids is 1. The topological polar surface area (TPSA) is 228 Å². The van der Waals surface area contributed by atoms with Crippen molar-refractivity contribution in [3.8, 4) is 5.75 Å². The molecule has 0 aliphatic carbocycles. The average molecular weight is 669 g/mol. The first-order chi connectivity index (χ1) is 21.4. The lowest BCUT2D eigenvalue weighted by atomic mass is 9.89. The van der Waals surface area contributed by atoms with E-state index < -0.39 is 56.4 Å². The van der Waals surface area contributed by atoms with Crippen LogP contribution >= 0.6 is 0 Å². The SMILES string of the molecule is CCCCS(=O)(=O)C(N)(Cc1ccc(OCC2CN(CCC(C(=N)N)(C(=O)OC(C)(C)C)N3CCNCC3)C(=O)O2)cc1)C(=O)O. The van der Waals surface area contributed by atoms with Crippen molar-refractivity contribution in [1.82, 2.24) is 15.1 Å². The molecule has 0 bridgehead atoms. The van der Waals surface area contributed by atoms with Crippen LogP contribution < -0.4 is 21.5 Å². The Hall–Kier alpha value is -3.47. The van der Waals surface area contributed by atoms with Gasteiger partial charge in [0.05, 0.1) is 12.3 Å². The van der Waals surface area contributed by atoms with Crippen LogP contribution in [0.2, 0.25) is 0 Å². The normalized spacial score (nSPS) is 20.3. The fourth-order valence-electron chi connectivity index (χ4n) is 5.39. The van der Waals surface area contributed by atoms with Crippen LogP contribution in [0.4, 0.5) is 4.79 Å². The molecule has 46 heavy (non-hydrogen) atoms. The zero-order valence-electron chi connectivity index (χ0n) is 27.0. The fraction of sp³-hybridized carbons (Fsp3) is 0.667. The number of benzene rings is 1. The van der Waals surface area contributed by atoms with Crippen LogP contribution in [0.15, 0.2) is 24.3 Å². The molecule has 3 rings (SSSR count). The van der Waals surface area contributed by atoms with E-state index in [4.69, 9.17) is 31.1 Å². The summed E-state index contributed by atoms with van der Waals surface area (Å²) in [6.07, 6.45) is -0.717. The molecule has 3 atom stereocenters. The van der Waals surface area contributed by atoms with Crippen molar-refractivity contribution in [1.29, 1.82) is 5.41 Å². The van der Waals surface area contributed by atoms with Gasteiger partial charge in [-0.3, -0.25) is 10.3 Å². The number of rotatable bonds is 16. The van der Waals surface area contributed by atoms with Crippen LogP contribution in [0.25, 0.3) is 0 Å². The quantitative estimate of drug-likeness (QED) is 0.0929. The second-order valence-electron chi connectivity index (χ2n) is 12.7. The van der Waals surface area contributed by atoms with Gasteiger partial charge in [0, 0.05) is 45.6 Å². The van der Waals surface area contributed by atoms with E-state index in [2.05, 4.69) is 5.32 Å². The summed E-state index contributed by atoms with van der Waals surface area (Å²) < 4.78 is 42.4. The molecule has 1 aromatic carbocycles. The summed E-state index contributed by atoms with van der Waals surface area (Å²) >= 11 is 0. The number of piperazine rings is 1. The van der Waals surface area contributed by atoms with Crippen LogP contribution in [0.3, 0.4) is 0 Å². The summed E-state index contributed by atoms with van der Waals surface area (Å²) in [5.74, 6) is -2.54. The van der Waals surface area contributed by atoms with Crippen molar-refractivity contribution in [3.63, 3.8) is 0 Å². The molecule has 0 aromatic heterocycles. The number of nitrogens with one attached hydrogen (secondary N) is 2. The van der Waals surface area contributed by atoms with Crippen LogP contribution in [0, 0.1) is 5.41 Å². The Bertz CT molecular complexity index is 1360. The maximum atomic E-state index is 13.5. The number of aliphatic carboxylic acids is 1. The maximum absolute atomic E-state index is 13.5. The van der Waals surface area contributed by atoms with Gasteiger partial charge in [0.25, 0.3) is 0 Å². The second kappa shape index (κ2) is 15.0. The van der Waals surface area contributed by atoms with E-state index in [0.29, 0.717) is 50.3 Å². The minimum Gasteiger partial charge on any atom is -0.490 e. The molecule has 15 nitrogen and oxygen atoms in total. The maximum Gasteiger partial charge on any atom is 0.410 e. The minimum absolute atomic E-state index is 0.00461. The van der Waals surface area contributed by atoms with Crippen molar-refractivity contribution in [2.24, 2.45) is 11.5 Å². The number of carbonyl (C=O) groups excluding carboxylic acids is 2. The van der Waals surface area contributed by atoms with Crippen LogP contribution in [-0.4, -0.2) is 121 Å². The average Bonchev–Trinajstić information content (AvgIpc) is 3.34. The first-order valence-corrected chi connectivity index (χ1v) is 17.1. The number of hydrogen-bond donors (Lipinski definition) is 5. The van der Waals surface area contributed by atoms with Gasteiger partial charge < -0.3 is 41.0 Å². The summed E-state index contributed by atoms with van der Waals surface area (Å²) in [5, 5.41) is 21.3. The molecule has 1 aromatic rings. The molecule has 3 unspecified atom stereocenters. The second-order valence-corrected chi connectivity index (χ2v) is 15.1. The molecule has 7 N–H and O–H groups in total. The highest BCUT2D eigenvalue weighted by Crippen LogP contribution is 2.28. The molecule has 258 valence electrons. The Kier molecular flexibility index (Phi) is 12.0. The highest BCUT2D eigenvalue weighted by molar-refractivity contribution is 7.93. The number of cyclic esters (lactones) is 1. The molecule has 0 spiro atoms. The first-order valence-electron chi connectivity index (χ1n) is 15.4. The van der Waals surface area contributed by atoms with Gasteiger partial charge in [-0.05, 0) is 44.9 Å². The number of amidine groups is 1. The van der Waals surface area contributed by atoms with Crippen molar-refractivity contribution >= 4 is 33.7 Å². The van der Waals surface area contributed by atoms with Crippen molar-refractivity contribution in [2.45, 2.75) is 75.5 Å². The highest BCUT2D eigenvalue weighted by Gasteiger charge is 2.51. The summed E-state index contributed by atoms with van der Waals surface area (Å²) in [4.78, 5) is 39.0. The van der Waals surface area contributed by atoms with Gasteiger partial charge in [0.2, 0.25) is 4.87 Å². The van der Waals surface area contributed by atoms with Crippen molar-refractivity contribution in [2.75, 3.05) is 51.6 Å².